The Balaban J connectivity index is 2.00. The molecule has 1 saturated heterocycles. The van der Waals surface area contributed by atoms with Crippen molar-refractivity contribution in [3.63, 3.8) is 0 Å². The van der Waals surface area contributed by atoms with Crippen LogP contribution in [0.3, 0.4) is 0 Å². The Kier molecular flexibility index (Phi) is 6.68. The van der Waals surface area contributed by atoms with Crippen LogP contribution in [0.5, 0.6) is 0 Å². The number of nitrogens with one attached hydrogen (secondary N) is 1. The minimum Gasteiger partial charge on any atom is -0.381 e. The average molecular weight is 291 g/mol. The van der Waals surface area contributed by atoms with Crippen molar-refractivity contribution < 1.29 is 9.47 Å². The molecule has 1 heterocycles. The number of ether oxygens (including phenoxy) is 2. The lowest BCUT2D eigenvalue weighted by Crippen LogP contribution is -2.31. The normalized spacial score (nSPS) is 17.9. The fraction of sp³-hybridized carbons (Fsp3) is 0.667. The Bertz CT molecular complexity index is 427. The summed E-state index contributed by atoms with van der Waals surface area (Å²) in [5.74, 6) is 0. The first kappa shape index (κ1) is 16.5. The lowest BCUT2D eigenvalue weighted by atomic mass is 9.99. The summed E-state index contributed by atoms with van der Waals surface area (Å²) in [5.41, 5.74) is 4.02. The van der Waals surface area contributed by atoms with Crippen LogP contribution in [0.25, 0.3) is 0 Å². The second-order valence-electron chi connectivity index (χ2n) is 6.01. The molecule has 3 heteroatoms. The van der Waals surface area contributed by atoms with Crippen molar-refractivity contribution >= 4 is 0 Å². The van der Waals surface area contributed by atoms with Gasteiger partial charge in [0.15, 0.2) is 0 Å². The van der Waals surface area contributed by atoms with E-state index in [0.717, 1.165) is 45.6 Å². The van der Waals surface area contributed by atoms with Crippen molar-refractivity contribution in [2.24, 2.45) is 0 Å². The number of rotatable bonds is 7. The molecule has 0 amide bonds. The van der Waals surface area contributed by atoms with Gasteiger partial charge in [0, 0.05) is 13.2 Å². The molecule has 0 aromatic heterocycles. The third-order valence-corrected chi connectivity index (χ3v) is 4.12. The van der Waals surface area contributed by atoms with Gasteiger partial charge in [0.1, 0.15) is 0 Å². The van der Waals surface area contributed by atoms with Gasteiger partial charge in [-0.15, -0.1) is 0 Å². The van der Waals surface area contributed by atoms with E-state index in [2.05, 4.69) is 44.3 Å². The summed E-state index contributed by atoms with van der Waals surface area (Å²) in [6.07, 6.45) is 3.54. The molecule has 0 spiro atoms. The molecule has 21 heavy (non-hydrogen) atoms. The second-order valence-corrected chi connectivity index (χ2v) is 6.01. The molecule has 1 aliphatic rings. The van der Waals surface area contributed by atoms with Crippen molar-refractivity contribution in [3.8, 4) is 0 Å². The van der Waals surface area contributed by atoms with Crippen molar-refractivity contribution in [2.75, 3.05) is 26.4 Å². The van der Waals surface area contributed by atoms with Crippen molar-refractivity contribution in [3.05, 3.63) is 34.9 Å². The fourth-order valence-electron chi connectivity index (χ4n) is 2.79. The zero-order chi connectivity index (χ0) is 15.1. The topological polar surface area (TPSA) is 30.5 Å². The van der Waals surface area contributed by atoms with Gasteiger partial charge in [0.05, 0.1) is 18.8 Å². The van der Waals surface area contributed by atoms with Crippen molar-refractivity contribution in [2.45, 2.75) is 52.2 Å². The van der Waals surface area contributed by atoms with Crippen LogP contribution in [-0.4, -0.2) is 32.5 Å². The first-order valence-electron chi connectivity index (χ1n) is 8.20. The highest BCUT2D eigenvalue weighted by atomic mass is 16.5. The maximum atomic E-state index is 6.15. The first-order chi connectivity index (χ1) is 10.2. The van der Waals surface area contributed by atoms with E-state index in [4.69, 9.17) is 9.47 Å². The standard InChI is InChI=1S/C18H29NO2/c1-4-9-19-18(13-21-16-7-10-20-11-8-16)17-12-14(2)5-6-15(17)3/h5-6,12,16,18-19H,4,7-11,13H2,1-3H3. The molecule has 0 aliphatic carbocycles. The number of benzene rings is 1. The number of hydrogen-bond donors (Lipinski definition) is 1. The summed E-state index contributed by atoms with van der Waals surface area (Å²) in [7, 11) is 0. The highest BCUT2D eigenvalue weighted by Crippen LogP contribution is 2.21. The molecule has 1 N–H and O–H groups in total. The zero-order valence-electron chi connectivity index (χ0n) is 13.7. The molecule has 1 unspecified atom stereocenters. The summed E-state index contributed by atoms with van der Waals surface area (Å²) in [6.45, 7) is 9.97. The van der Waals surface area contributed by atoms with E-state index >= 15 is 0 Å². The largest absolute Gasteiger partial charge is 0.381 e. The molecule has 1 atom stereocenters. The Hall–Kier alpha value is -0.900. The van der Waals surface area contributed by atoms with Crippen LogP contribution in [-0.2, 0) is 9.47 Å². The van der Waals surface area contributed by atoms with Gasteiger partial charge in [-0.25, -0.2) is 0 Å². The maximum absolute atomic E-state index is 6.15. The third kappa shape index (κ3) is 5.10. The molecule has 118 valence electrons. The van der Waals surface area contributed by atoms with Crippen molar-refractivity contribution in [1.82, 2.24) is 5.32 Å². The van der Waals surface area contributed by atoms with Gasteiger partial charge in [0.2, 0.25) is 0 Å². The third-order valence-electron chi connectivity index (χ3n) is 4.12. The van der Waals surface area contributed by atoms with Gasteiger partial charge >= 0.3 is 0 Å². The van der Waals surface area contributed by atoms with Crippen LogP contribution in [0.1, 0.15) is 48.9 Å². The smallest absolute Gasteiger partial charge is 0.0665 e. The summed E-state index contributed by atoms with van der Waals surface area (Å²) in [5, 5.41) is 3.64. The lowest BCUT2D eigenvalue weighted by molar-refractivity contribution is -0.0383. The summed E-state index contributed by atoms with van der Waals surface area (Å²) < 4.78 is 11.5. The van der Waals surface area contributed by atoms with E-state index in [9.17, 15) is 0 Å². The highest BCUT2D eigenvalue weighted by Gasteiger charge is 2.19. The van der Waals surface area contributed by atoms with Crippen LogP contribution in [0.15, 0.2) is 18.2 Å². The van der Waals surface area contributed by atoms with Gasteiger partial charge in [-0.05, 0) is 50.8 Å². The number of aryl methyl sites for hydroxylation is 2. The number of hydrogen-bond acceptors (Lipinski definition) is 3. The SMILES string of the molecule is CCCNC(COC1CCOCC1)c1cc(C)ccc1C. The van der Waals surface area contributed by atoms with Gasteiger partial charge in [-0.1, -0.05) is 30.7 Å². The summed E-state index contributed by atoms with van der Waals surface area (Å²) in [6, 6.07) is 6.96. The van der Waals surface area contributed by atoms with Crippen LogP contribution in [0.2, 0.25) is 0 Å². The minimum atomic E-state index is 0.285. The monoisotopic (exact) mass is 291 g/mol. The Morgan fingerprint density at radius 3 is 2.76 bits per heavy atom. The molecule has 3 nitrogen and oxygen atoms in total. The van der Waals surface area contributed by atoms with Crippen LogP contribution < -0.4 is 5.32 Å². The fourth-order valence-corrected chi connectivity index (χ4v) is 2.79. The molecule has 1 aromatic carbocycles. The van der Waals surface area contributed by atoms with Crippen LogP contribution in [0, 0.1) is 13.8 Å². The van der Waals surface area contributed by atoms with E-state index in [1.165, 1.54) is 16.7 Å². The molecule has 0 saturated carbocycles. The minimum absolute atomic E-state index is 0.285. The van der Waals surface area contributed by atoms with Gasteiger partial charge in [0.25, 0.3) is 0 Å². The predicted molar refractivity (Wildman–Crippen MR) is 86.7 cm³/mol. The molecule has 1 aromatic rings. The Labute approximate surface area is 129 Å². The van der Waals surface area contributed by atoms with Gasteiger partial charge in [-0.3, -0.25) is 0 Å². The Morgan fingerprint density at radius 1 is 1.29 bits per heavy atom. The van der Waals surface area contributed by atoms with E-state index in [0.29, 0.717) is 6.10 Å². The quantitative estimate of drug-likeness (QED) is 0.833. The van der Waals surface area contributed by atoms with Crippen LogP contribution in [0.4, 0.5) is 0 Å². The summed E-state index contributed by atoms with van der Waals surface area (Å²) >= 11 is 0. The van der Waals surface area contributed by atoms with E-state index < -0.39 is 0 Å². The molecule has 2 rings (SSSR count). The first-order valence-corrected chi connectivity index (χ1v) is 8.20. The molecule has 1 aliphatic heterocycles. The molecule has 0 bridgehead atoms. The molecule has 0 radical (unpaired) electrons. The van der Waals surface area contributed by atoms with E-state index in [1.54, 1.807) is 0 Å². The summed E-state index contributed by atoms with van der Waals surface area (Å²) in [4.78, 5) is 0. The molecular formula is C18H29NO2. The highest BCUT2D eigenvalue weighted by molar-refractivity contribution is 5.33. The van der Waals surface area contributed by atoms with Gasteiger partial charge in [-0.2, -0.15) is 0 Å². The predicted octanol–water partition coefficient (Wildman–Crippen LogP) is 3.54. The van der Waals surface area contributed by atoms with E-state index in [-0.39, 0.29) is 6.04 Å². The molecular weight excluding hydrogens is 262 g/mol. The molecule has 1 fully saturated rings. The lowest BCUT2D eigenvalue weighted by Gasteiger charge is -2.27. The van der Waals surface area contributed by atoms with Gasteiger partial charge < -0.3 is 14.8 Å². The van der Waals surface area contributed by atoms with Crippen molar-refractivity contribution in [1.29, 1.82) is 0 Å². The second kappa shape index (κ2) is 8.52. The van der Waals surface area contributed by atoms with E-state index in [1.807, 2.05) is 0 Å². The average Bonchev–Trinajstić information content (AvgIpc) is 2.51. The zero-order valence-corrected chi connectivity index (χ0v) is 13.7. The Morgan fingerprint density at radius 2 is 2.05 bits per heavy atom. The maximum Gasteiger partial charge on any atom is 0.0665 e. The van der Waals surface area contributed by atoms with Crippen LogP contribution >= 0.6 is 0 Å².